The zero-order valence-corrected chi connectivity index (χ0v) is 21.4. The van der Waals surface area contributed by atoms with Crippen LogP contribution in [0.5, 0.6) is 0 Å². The number of aryl methyl sites for hydroxylation is 1. The molecule has 2 heterocycles. The van der Waals surface area contributed by atoms with Crippen molar-refractivity contribution in [2.75, 3.05) is 31.5 Å². The van der Waals surface area contributed by atoms with Crippen molar-refractivity contribution in [3.63, 3.8) is 0 Å². The molecule has 3 aromatic rings. The highest BCUT2D eigenvalue weighted by molar-refractivity contribution is 7.89. The van der Waals surface area contributed by atoms with E-state index in [0.717, 1.165) is 16.5 Å². The summed E-state index contributed by atoms with van der Waals surface area (Å²) >= 11 is 5.56. The maximum Gasteiger partial charge on any atom is 0.336 e. The standard InChI is InChI=1S/C25H29N3O4S2/c1-17-15-23(29)32-22-16-19(7-10-21(17)22)26-24(33)27-11-13-28(14-12-27)34(30,31)20-8-5-18(6-9-20)25(2,3)4/h5-10,15-16H,11-14H2,1-4H3,(H,26,33). The Hall–Kier alpha value is -2.75. The average molecular weight is 500 g/mol. The monoisotopic (exact) mass is 499 g/mol. The lowest BCUT2D eigenvalue weighted by Crippen LogP contribution is -2.51. The molecule has 1 saturated heterocycles. The van der Waals surface area contributed by atoms with Gasteiger partial charge < -0.3 is 14.6 Å². The van der Waals surface area contributed by atoms with Crippen LogP contribution in [0.15, 0.2) is 62.6 Å². The fraction of sp³-hybridized carbons (Fsp3) is 0.360. The zero-order valence-electron chi connectivity index (χ0n) is 19.8. The summed E-state index contributed by atoms with van der Waals surface area (Å²) in [6.07, 6.45) is 0. The molecule has 4 rings (SSSR count). The minimum Gasteiger partial charge on any atom is -0.423 e. The normalized spacial score (nSPS) is 15.5. The predicted molar refractivity (Wildman–Crippen MR) is 139 cm³/mol. The van der Waals surface area contributed by atoms with Gasteiger partial charge in [-0.2, -0.15) is 4.31 Å². The van der Waals surface area contributed by atoms with Crippen LogP contribution in [0.1, 0.15) is 31.9 Å². The molecular weight excluding hydrogens is 470 g/mol. The van der Waals surface area contributed by atoms with Gasteiger partial charge in [0.25, 0.3) is 0 Å². The second kappa shape index (κ2) is 9.13. The van der Waals surface area contributed by atoms with E-state index < -0.39 is 15.6 Å². The number of anilines is 1. The smallest absolute Gasteiger partial charge is 0.336 e. The van der Waals surface area contributed by atoms with Gasteiger partial charge in [0.05, 0.1) is 4.90 Å². The molecule has 0 unspecified atom stereocenters. The van der Waals surface area contributed by atoms with Crippen molar-refractivity contribution in [2.24, 2.45) is 0 Å². The van der Waals surface area contributed by atoms with Crippen molar-refractivity contribution < 1.29 is 12.8 Å². The third-order valence-electron chi connectivity index (χ3n) is 6.09. The van der Waals surface area contributed by atoms with E-state index in [1.165, 1.54) is 10.4 Å². The SMILES string of the molecule is Cc1cc(=O)oc2cc(NC(=S)N3CCN(S(=O)(=O)c4ccc(C(C)(C)C)cc4)CC3)ccc12. The van der Waals surface area contributed by atoms with E-state index >= 15 is 0 Å². The van der Waals surface area contributed by atoms with Crippen molar-refractivity contribution in [1.29, 1.82) is 0 Å². The third-order valence-corrected chi connectivity index (χ3v) is 8.36. The second-order valence-electron chi connectivity index (χ2n) is 9.56. The Labute approximate surface area is 205 Å². The van der Waals surface area contributed by atoms with Gasteiger partial charge in [-0.3, -0.25) is 0 Å². The highest BCUT2D eigenvalue weighted by Gasteiger charge is 2.29. The van der Waals surface area contributed by atoms with E-state index in [9.17, 15) is 13.2 Å². The number of nitrogens with one attached hydrogen (secondary N) is 1. The fourth-order valence-corrected chi connectivity index (χ4v) is 5.74. The molecule has 34 heavy (non-hydrogen) atoms. The van der Waals surface area contributed by atoms with Crippen molar-refractivity contribution in [3.05, 3.63) is 70.1 Å². The Kier molecular flexibility index (Phi) is 6.54. The maximum absolute atomic E-state index is 13.1. The van der Waals surface area contributed by atoms with Gasteiger partial charge in [0.2, 0.25) is 10.0 Å². The molecule has 0 radical (unpaired) electrons. The van der Waals surface area contributed by atoms with E-state index in [4.69, 9.17) is 16.6 Å². The number of sulfonamides is 1. The molecule has 1 aliphatic rings. The predicted octanol–water partition coefficient (Wildman–Crippen LogP) is 4.10. The van der Waals surface area contributed by atoms with Crippen molar-refractivity contribution in [2.45, 2.75) is 38.0 Å². The summed E-state index contributed by atoms with van der Waals surface area (Å²) in [7, 11) is -3.56. The van der Waals surface area contributed by atoms with Gasteiger partial charge in [-0.25, -0.2) is 13.2 Å². The first-order valence-corrected chi connectivity index (χ1v) is 13.0. The van der Waals surface area contributed by atoms with Crippen LogP contribution in [0.2, 0.25) is 0 Å². The number of hydrogen-bond donors (Lipinski definition) is 1. The molecule has 0 spiro atoms. The molecule has 0 saturated carbocycles. The van der Waals surface area contributed by atoms with Crippen LogP contribution in [-0.4, -0.2) is 48.9 Å². The molecule has 0 amide bonds. The Morgan fingerprint density at radius 2 is 1.65 bits per heavy atom. The molecule has 1 N–H and O–H groups in total. The molecule has 2 aromatic carbocycles. The molecular formula is C25H29N3O4S2. The van der Waals surface area contributed by atoms with Crippen molar-refractivity contribution >= 4 is 44.0 Å². The van der Waals surface area contributed by atoms with Gasteiger partial charge in [-0.15, -0.1) is 0 Å². The number of nitrogens with zero attached hydrogens (tertiary/aromatic N) is 2. The first-order valence-electron chi connectivity index (χ1n) is 11.2. The van der Waals surface area contributed by atoms with Crippen LogP contribution >= 0.6 is 12.2 Å². The molecule has 1 fully saturated rings. The number of hydrogen-bond acceptors (Lipinski definition) is 5. The summed E-state index contributed by atoms with van der Waals surface area (Å²) in [6.45, 7) is 9.81. The molecule has 0 aliphatic carbocycles. The minimum absolute atomic E-state index is 0.0359. The van der Waals surface area contributed by atoms with Crippen LogP contribution in [0, 0.1) is 6.92 Å². The van der Waals surface area contributed by atoms with E-state index in [1.807, 2.05) is 36.1 Å². The number of fused-ring (bicyclic) bond motifs is 1. The van der Waals surface area contributed by atoms with Gasteiger partial charge in [0, 0.05) is 49.4 Å². The number of rotatable bonds is 3. The second-order valence-corrected chi connectivity index (χ2v) is 11.9. The lowest BCUT2D eigenvalue weighted by Gasteiger charge is -2.35. The summed E-state index contributed by atoms with van der Waals surface area (Å²) < 4.78 is 33.0. The van der Waals surface area contributed by atoms with Crippen LogP contribution in [0.4, 0.5) is 5.69 Å². The Morgan fingerprint density at radius 1 is 1.00 bits per heavy atom. The summed E-state index contributed by atoms with van der Waals surface area (Å²) in [5, 5.41) is 4.54. The lowest BCUT2D eigenvalue weighted by molar-refractivity contribution is 0.268. The van der Waals surface area contributed by atoms with Crippen LogP contribution in [0.3, 0.4) is 0 Å². The highest BCUT2D eigenvalue weighted by atomic mass is 32.2. The largest absolute Gasteiger partial charge is 0.423 e. The van der Waals surface area contributed by atoms with Crippen molar-refractivity contribution in [3.8, 4) is 0 Å². The Morgan fingerprint density at radius 3 is 2.26 bits per heavy atom. The fourth-order valence-electron chi connectivity index (χ4n) is 4.01. The first kappa shape index (κ1) is 24.4. The summed E-state index contributed by atoms with van der Waals surface area (Å²) in [5.41, 5.74) is 2.72. The average Bonchev–Trinajstić information content (AvgIpc) is 2.78. The van der Waals surface area contributed by atoms with Gasteiger partial charge >= 0.3 is 5.63 Å². The van der Waals surface area contributed by atoms with Crippen molar-refractivity contribution in [1.82, 2.24) is 9.21 Å². The maximum atomic E-state index is 13.1. The number of benzene rings is 2. The molecule has 9 heteroatoms. The zero-order chi connectivity index (χ0) is 24.7. The molecule has 0 bridgehead atoms. The van der Waals surface area contributed by atoms with Gasteiger partial charge in [0.15, 0.2) is 5.11 Å². The number of thiocarbonyl (C=S) groups is 1. The molecule has 0 atom stereocenters. The molecule has 180 valence electrons. The molecule has 1 aliphatic heterocycles. The van der Waals surface area contributed by atoms with Crippen LogP contribution in [-0.2, 0) is 15.4 Å². The summed E-state index contributed by atoms with van der Waals surface area (Å²) in [5.74, 6) is 0. The van der Waals surface area contributed by atoms with E-state index in [1.54, 1.807) is 18.2 Å². The van der Waals surface area contributed by atoms with E-state index in [0.29, 0.717) is 47.5 Å². The topological polar surface area (TPSA) is 82.9 Å². The van der Waals surface area contributed by atoms with E-state index in [-0.39, 0.29) is 5.41 Å². The van der Waals surface area contributed by atoms with Gasteiger partial charge in [-0.1, -0.05) is 32.9 Å². The van der Waals surface area contributed by atoms with E-state index in [2.05, 4.69) is 26.1 Å². The van der Waals surface area contributed by atoms with Crippen LogP contribution < -0.4 is 10.9 Å². The molecule has 1 aromatic heterocycles. The Balaban J connectivity index is 1.41. The number of piperazine rings is 1. The summed E-state index contributed by atoms with van der Waals surface area (Å²) in [4.78, 5) is 13.9. The minimum atomic E-state index is -3.56. The quantitative estimate of drug-likeness (QED) is 0.429. The summed E-state index contributed by atoms with van der Waals surface area (Å²) in [6, 6.07) is 14.1. The van der Waals surface area contributed by atoms with Gasteiger partial charge in [-0.05, 0) is 59.9 Å². The lowest BCUT2D eigenvalue weighted by atomic mass is 9.87. The molecule has 7 nitrogen and oxygen atoms in total. The third kappa shape index (κ3) is 5.01. The van der Waals surface area contributed by atoms with Crippen LogP contribution in [0.25, 0.3) is 11.0 Å². The first-order chi connectivity index (χ1) is 15.9. The highest BCUT2D eigenvalue weighted by Crippen LogP contribution is 2.25. The Bertz CT molecular complexity index is 1380. The van der Waals surface area contributed by atoms with Gasteiger partial charge in [0.1, 0.15) is 5.58 Å².